The van der Waals surface area contributed by atoms with Crippen LogP contribution in [0.25, 0.3) is 33.7 Å². The number of nitro groups is 1. The Kier molecular flexibility index (Phi) is 3.98. The van der Waals surface area contributed by atoms with Gasteiger partial charge < -0.3 is 9.30 Å². The third-order valence-electron chi connectivity index (χ3n) is 5.00. The monoisotopic (exact) mass is 375 g/mol. The number of nitrogens with zero attached hydrogens (tertiary/aromatic N) is 5. The lowest BCUT2D eigenvalue weighted by Gasteiger charge is -2.13. The molecule has 0 saturated carbocycles. The van der Waals surface area contributed by atoms with Crippen LogP contribution in [0.15, 0.2) is 48.5 Å². The van der Waals surface area contributed by atoms with Crippen LogP contribution in [0.4, 0.5) is 5.69 Å². The lowest BCUT2D eigenvalue weighted by molar-refractivity contribution is -0.384. The molecule has 0 bridgehead atoms. The molecule has 0 spiro atoms. The van der Waals surface area contributed by atoms with Crippen LogP contribution < -0.4 is 0 Å². The summed E-state index contributed by atoms with van der Waals surface area (Å²) < 4.78 is 7.84. The fraction of sp³-hybridized carbons (Fsp3) is 0.250. The summed E-state index contributed by atoms with van der Waals surface area (Å²) in [6.45, 7) is 1.38. The second kappa shape index (κ2) is 6.65. The Morgan fingerprint density at radius 2 is 1.82 bits per heavy atom. The molecule has 1 atom stereocenters. The maximum atomic E-state index is 11.0. The van der Waals surface area contributed by atoms with E-state index in [1.54, 1.807) is 12.1 Å². The van der Waals surface area contributed by atoms with E-state index in [-0.39, 0.29) is 11.8 Å². The van der Waals surface area contributed by atoms with Crippen LogP contribution in [0.1, 0.15) is 12.8 Å². The Labute approximate surface area is 160 Å². The van der Waals surface area contributed by atoms with Gasteiger partial charge in [0.2, 0.25) is 0 Å². The standard InChI is InChI=1S/C20H17N5O3/c26-25(27)14-9-7-13(8-10-14)19-23-18-20(24(19)12-15-4-3-11-28-15)22-17-6-2-1-5-16(17)21-18/h1-2,5-10,15H,3-4,11-12H2/t15-/m1/s1. The normalized spacial score (nSPS) is 16.8. The van der Waals surface area contributed by atoms with Crippen LogP contribution in [0, 0.1) is 10.1 Å². The molecular weight excluding hydrogens is 358 g/mol. The SMILES string of the molecule is O=[N+]([O-])c1ccc(-c2nc3nc4ccccc4nc3n2C[C@H]2CCCO2)cc1. The number of nitro benzene ring substituents is 1. The van der Waals surface area contributed by atoms with Crippen molar-refractivity contribution in [2.24, 2.45) is 0 Å². The molecule has 28 heavy (non-hydrogen) atoms. The highest BCUT2D eigenvalue weighted by molar-refractivity contribution is 5.84. The third-order valence-corrected chi connectivity index (χ3v) is 5.00. The molecule has 0 unspecified atom stereocenters. The fourth-order valence-corrected chi connectivity index (χ4v) is 3.62. The summed E-state index contributed by atoms with van der Waals surface area (Å²) >= 11 is 0. The Morgan fingerprint density at radius 3 is 2.50 bits per heavy atom. The van der Waals surface area contributed by atoms with Crippen molar-refractivity contribution in [1.29, 1.82) is 0 Å². The van der Waals surface area contributed by atoms with Gasteiger partial charge in [-0.3, -0.25) is 10.1 Å². The maximum Gasteiger partial charge on any atom is 0.269 e. The van der Waals surface area contributed by atoms with Gasteiger partial charge in [-0.15, -0.1) is 0 Å². The first-order valence-corrected chi connectivity index (χ1v) is 9.18. The van der Waals surface area contributed by atoms with E-state index in [0.717, 1.165) is 36.0 Å². The molecule has 140 valence electrons. The number of aromatic nitrogens is 4. The van der Waals surface area contributed by atoms with Gasteiger partial charge in [0, 0.05) is 24.3 Å². The van der Waals surface area contributed by atoms with Gasteiger partial charge in [0.15, 0.2) is 11.3 Å². The van der Waals surface area contributed by atoms with Gasteiger partial charge in [-0.05, 0) is 37.1 Å². The summed E-state index contributed by atoms with van der Waals surface area (Å²) in [7, 11) is 0. The first-order valence-electron chi connectivity index (χ1n) is 9.18. The molecule has 2 aromatic heterocycles. The van der Waals surface area contributed by atoms with E-state index in [4.69, 9.17) is 14.7 Å². The van der Waals surface area contributed by atoms with Crippen molar-refractivity contribution in [2.75, 3.05) is 6.61 Å². The number of benzene rings is 2. The predicted molar refractivity (Wildman–Crippen MR) is 104 cm³/mol. The van der Waals surface area contributed by atoms with E-state index in [1.807, 2.05) is 28.8 Å². The Balaban J connectivity index is 1.69. The van der Waals surface area contributed by atoms with E-state index in [1.165, 1.54) is 12.1 Å². The third kappa shape index (κ3) is 2.87. The van der Waals surface area contributed by atoms with Crippen LogP contribution >= 0.6 is 0 Å². The minimum Gasteiger partial charge on any atom is -0.376 e. The Morgan fingerprint density at radius 1 is 1.07 bits per heavy atom. The van der Waals surface area contributed by atoms with E-state index in [2.05, 4.69) is 4.98 Å². The van der Waals surface area contributed by atoms with Crippen LogP contribution in [0.2, 0.25) is 0 Å². The average Bonchev–Trinajstić information content (AvgIpc) is 3.35. The molecule has 3 heterocycles. The van der Waals surface area contributed by atoms with Crippen LogP contribution in [-0.4, -0.2) is 37.2 Å². The summed E-state index contributed by atoms with van der Waals surface area (Å²) in [5, 5.41) is 11.0. The molecule has 8 nitrogen and oxygen atoms in total. The number of hydrogen-bond acceptors (Lipinski definition) is 6. The molecule has 1 saturated heterocycles. The number of para-hydroxylation sites is 2. The summed E-state index contributed by atoms with van der Waals surface area (Å²) in [5.41, 5.74) is 3.68. The van der Waals surface area contributed by atoms with Crippen LogP contribution in [0.3, 0.4) is 0 Å². The minimum atomic E-state index is -0.408. The van der Waals surface area contributed by atoms with Gasteiger partial charge in [0.25, 0.3) is 5.69 Å². The minimum absolute atomic E-state index is 0.0486. The Bertz CT molecular complexity index is 1180. The predicted octanol–water partition coefficient (Wildman–Crippen LogP) is 3.73. The summed E-state index contributed by atoms with van der Waals surface area (Å²) in [6, 6.07) is 14.1. The number of fused-ring (bicyclic) bond motifs is 2. The lowest BCUT2D eigenvalue weighted by atomic mass is 10.2. The number of imidazole rings is 1. The first-order chi connectivity index (χ1) is 13.7. The summed E-state index contributed by atoms with van der Waals surface area (Å²) in [4.78, 5) is 24.7. The second-order valence-electron chi connectivity index (χ2n) is 6.84. The topological polar surface area (TPSA) is 96.0 Å². The second-order valence-corrected chi connectivity index (χ2v) is 6.84. The molecule has 8 heteroatoms. The molecule has 1 aliphatic rings. The van der Waals surface area contributed by atoms with Gasteiger partial charge in [-0.2, -0.15) is 0 Å². The van der Waals surface area contributed by atoms with E-state index >= 15 is 0 Å². The molecule has 4 aromatic rings. The van der Waals surface area contributed by atoms with Crippen molar-refractivity contribution < 1.29 is 9.66 Å². The number of rotatable bonds is 4. The van der Waals surface area contributed by atoms with Crippen LogP contribution in [-0.2, 0) is 11.3 Å². The molecule has 0 amide bonds. The number of non-ortho nitro benzene ring substituents is 1. The van der Waals surface area contributed by atoms with Crippen LogP contribution in [0.5, 0.6) is 0 Å². The molecule has 1 fully saturated rings. The van der Waals surface area contributed by atoms with Crippen molar-refractivity contribution >= 4 is 28.0 Å². The highest BCUT2D eigenvalue weighted by Gasteiger charge is 2.22. The number of ether oxygens (including phenoxy) is 1. The molecule has 0 N–H and O–H groups in total. The van der Waals surface area contributed by atoms with E-state index < -0.39 is 4.92 Å². The van der Waals surface area contributed by atoms with Gasteiger partial charge in [0.05, 0.1) is 28.6 Å². The molecule has 0 radical (unpaired) electrons. The van der Waals surface area contributed by atoms with Gasteiger partial charge in [-0.1, -0.05) is 12.1 Å². The van der Waals surface area contributed by atoms with E-state index in [0.29, 0.717) is 23.7 Å². The summed E-state index contributed by atoms with van der Waals surface area (Å²) in [6.07, 6.45) is 2.13. The highest BCUT2D eigenvalue weighted by atomic mass is 16.6. The van der Waals surface area contributed by atoms with Crippen molar-refractivity contribution in [3.05, 3.63) is 58.6 Å². The largest absolute Gasteiger partial charge is 0.376 e. The Hall–Kier alpha value is -3.39. The summed E-state index contributed by atoms with van der Waals surface area (Å²) in [5.74, 6) is 0.690. The molecule has 2 aromatic carbocycles. The van der Waals surface area contributed by atoms with E-state index in [9.17, 15) is 10.1 Å². The maximum absolute atomic E-state index is 11.0. The average molecular weight is 375 g/mol. The quantitative estimate of drug-likeness (QED) is 0.398. The molecular formula is C20H17N5O3. The smallest absolute Gasteiger partial charge is 0.269 e. The van der Waals surface area contributed by atoms with Gasteiger partial charge >= 0.3 is 0 Å². The van der Waals surface area contributed by atoms with Gasteiger partial charge in [0.1, 0.15) is 5.82 Å². The fourth-order valence-electron chi connectivity index (χ4n) is 3.62. The van der Waals surface area contributed by atoms with Crippen molar-refractivity contribution in [1.82, 2.24) is 19.5 Å². The zero-order valence-electron chi connectivity index (χ0n) is 15.0. The van der Waals surface area contributed by atoms with Crippen molar-refractivity contribution in [2.45, 2.75) is 25.5 Å². The molecule has 5 rings (SSSR count). The highest BCUT2D eigenvalue weighted by Crippen LogP contribution is 2.28. The molecule has 1 aliphatic heterocycles. The van der Waals surface area contributed by atoms with Crippen molar-refractivity contribution in [3.63, 3.8) is 0 Å². The van der Waals surface area contributed by atoms with Crippen molar-refractivity contribution in [3.8, 4) is 11.4 Å². The first kappa shape index (κ1) is 16.8. The zero-order valence-corrected chi connectivity index (χ0v) is 15.0. The molecule has 0 aliphatic carbocycles. The number of hydrogen-bond donors (Lipinski definition) is 0. The van der Waals surface area contributed by atoms with Gasteiger partial charge in [-0.25, -0.2) is 15.0 Å². The zero-order chi connectivity index (χ0) is 19.1. The lowest BCUT2D eigenvalue weighted by Crippen LogP contribution is -2.16.